The summed E-state index contributed by atoms with van der Waals surface area (Å²) in [6.07, 6.45) is 3.57. The summed E-state index contributed by atoms with van der Waals surface area (Å²) >= 11 is 0. The summed E-state index contributed by atoms with van der Waals surface area (Å²) < 4.78 is 5.23. The van der Waals surface area contributed by atoms with Gasteiger partial charge in [0, 0.05) is 39.1 Å². The molecule has 1 aromatic rings. The number of unbranched alkanes of at least 4 members (excludes halogenated alkanes) is 1. The lowest BCUT2D eigenvalue weighted by Gasteiger charge is -2.35. The topological polar surface area (TPSA) is 41.6 Å². The highest BCUT2D eigenvalue weighted by molar-refractivity contribution is 5.85. The Morgan fingerprint density at radius 1 is 1.30 bits per heavy atom. The predicted octanol–water partition coefficient (Wildman–Crippen LogP) is 3.59. The fourth-order valence-corrected chi connectivity index (χ4v) is 2.90. The van der Waals surface area contributed by atoms with Crippen molar-refractivity contribution < 1.29 is 9.53 Å². The van der Waals surface area contributed by atoms with Gasteiger partial charge in [-0.25, -0.2) is 0 Å². The van der Waals surface area contributed by atoms with Crippen molar-refractivity contribution in [1.82, 2.24) is 10.2 Å². The van der Waals surface area contributed by atoms with Crippen LogP contribution in [0.15, 0.2) is 24.3 Å². The number of hydrogen-bond acceptors (Lipinski definition) is 4. The molecule has 1 N–H and O–H groups in total. The number of ether oxygens (including phenoxy) is 1. The first-order valence-electron chi connectivity index (χ1n) is 7.94. The minimum atomic E-state index is -0.264. The number of carbonyl (C=O) groups excluding carboxylic acids is 1. The normalized spacial score (nSPS) is 15.9. The SMILES string of the molecule is CCCC[C@H](c1cccc(OC(C)=O)c1)N1CCNCC1.Cl.Cl. The molecule has 1 atom stereocenters. The van der Waals surface area contributed by atoms with E-state index in [-0.39, 0.29) is 30.8 Å². The van der Waals surface area contributed by atoms with Gasteiger partial charge in [0.25, 0.3) is 0 Å². The molecule has 0 spiro atoms. The van der Waals surface area contributed by atoms with Crippen molar-refractivity contribution >= 4 is 30.8 Å². The number of nitrogens with one attached hydrogen (secondary N) is 1. The Bertz CT molecular complexity index is 466. The molecule has 1 aliphatic rings. The molecule has 0 aliphatic carbocycles. The van der Waals surface area contributed by atoms with Crippen LogP contribution in [0.5, 0.6) is 5.75 Å². The van der Waals surface area contributed by atoms with Crippen LogP contribution in [0.25, 0.3) is 0 Å². The number of benzene rings is 1. The average molecular weight is 363 g/mol. The zero-order valence-electron chi connectivity index (χ0n) is 13.9. The first-order chi connectivity index (χ1) is 10.2. The van der Waals surface area contributed by atoms with E-state index in [9.17, 15) is 4.79 Å². The van der Waals surface area contributed by atoms with Gasteiger partial charge in [-0.15, -0.1) is 24.8 Å². The van der Waals surface area contributed by atoms with Crippen molar-refractivity contribution in [1.29, 1.82) is 0 Å². The van der Waals surface area contributed by atoms with Gasteiger partial charge in [-0.05, 0) is 24.1 Å². The quantitative estimate of drug-likeness (QED) is 0.620. The number of halogens is 2. The van der Waals surface area contributed by atoms with E-state index < -0.39 is 0 Å². The van der Waals surface area contributed by atoms with E-state index in [1.807, 2.05) is 18.2 Å². The minimum Gasteiger partial charge on any atom is -0.427 e. The third-order valence-corrected chi connectivity index (χ3v) is 3.93. The lowest BCUT2D eigenvalue weighted by molar-refractivity contribution is -0.131. The monoisotopic (exact) mass is 362 g/mol. The van der Waals surface area contributed by atoms with Crippen LogP contribution in [0.2, 0.25) is 0 Å². The molecular formula is C17H28Cl2N2O2. The van der Waals surface area contributed by atoms with E-state index in [2.05, 4.69) is 23.2 Å². The zero-order valence-corrected chi connectivity index (χ0v) is 15.5. The molecule has 1 aliphatic heterocycles. The maximum absolute atomic E-state index is 11.1. The summed E-state index contributed by atoms with van der Waals surface area (Å²) in [6, 6.07) is 8.41. The highest BCUT2D eigenvalue weighted by Gasteiger charge is 2.22. The fourth-order valence-electron chi connectivity index (χ4n) is 2.90. The van der Waals surface area contributed by atoms with Crippen LogP contribution in [0.1, 0.15) is 44.7 Å². The van der Waals surface area contributed by atoms with Crippen molar-refractivity contribution in [3.63, 3.8) is 0 Å². The van der Waals surface area contributed by atoms with Crippen LogP contribution in [0.4, 0.5) is 0 Å². The van der Waals surface area contributed by atoms with E-state index in [0.717, 1.165) is 32.6 Å². The molecule has 0 bridgehead atoms. The number of nitrogens with zero attached hydrogens (tertiary/aromatic N) is 1. The molecule has 0 amide bonds. The molecule has 1 saturated heterocycles. The van der Waals surface area contributed by atoms with Crippen LogP contribution < -0.4 is 10.1 Å². The Kier molecular flexibility index (Phi) is 11.3. The molecule has 1 heterocycles. The van der Waals surface area contributed by atoms with Crippen molar-refractivity contribution in [2.45, 2.75) is 39.2 Å². The number of esters is 1. The molecule has 2 rings (SSSR count). The number of piperazine rings is 1. The van der Waals surface area contributed by atoms with Gasteiger partial charge >= 0.3 is 5.97 Å². The Balaban J connectivity index is 0.00000242. The Hall–Kier alpha value is -0.810. The molecule has 0 radical (unpaired) electrons. The maximum Gasteiger partial charge on any atom is 0.308 e. The van der Waals surface area contributed by atoms with E-state index >= 15 is 0 Å². The van der Waals surface area contributed by atoms with Crippen molar-refractivity contribution in [2.75, 3.05) is 26.2 Å². The summed E-state index contributed by atoms with van der Waals surface area (Å²) in [5.41, 5.74) is 1.25. The predicted molar refractivity (Wildman–Crippen MR) is 99.0 cm³/mol. The number of carbonyl (C=O) groups is 1. The smallest absolute Gasteiger partial charge is 0.308 e. The van der Waals surface area contributed by atoms with Gasteiger partial charge in [0.15, 0.2) is 0 Å². The molecule has 0 saturated carbocycles. The largest absolute Gasteiger partial charge is 0.427 e. The highest BCUT2D eigenvalue weighted by Crippen LogP contribution is 2.29. The van der Waals surface area contributed by atoms with Gasteiger partial charge in [-0.2, -0.15) is 0 Å². The first-order valence-corrected chi connectivity index (χ1v) is 7.94. The molecule has 23 heavy (non-hydrogen) atoms. The van der Waals surface area contributed by atoms with Crippen LogP contribution in [0, 0.1) is 0 Å². The molecule has 6 heteroatoms. The van der Waals surface area contributed by atoms with Crippen molar-refractivity contribution in [2.24, 2.45) is 0 Å². The lowest BCUT2D eigenvalue weighted by atomic mass is 9.98. The third-order valence-electron chi connectivity index (χ3n) is 3.93. The number of hydrogen-bond donors (Lipinski definition) is 1. The van der Waals surface area contributed by atoms with E-state index in [1.165, 1.54) is 25.3 Å². The van der Waals surface area contributed by atoms with Gasteiger partial charge < -0.3 is 10.1 Å². The first kappa shape index (κ1) is 22.2. The standard InChI is InChI=1S/C17H26N2O2.2ClH/c1-3-4-8-17(19-11-9-18-10-12-19)15-6-5-7-16(13-15)21-14(2)20;;/h5-7,13,17-18H,3-4,8-12H2,1-2H3;2*1H/t17-;;/m1../s1. The van der Waals surface area contributed by atoms with E-state index in [4.69, 9.17) is 4.74 Å². The Labute approximate surface area is 151 Å². The third kappa shape index (κ3) is 7.08. The number of rotatable bonds is 6. The summed E-state index contributed by atoms with van der Waals surface area (Å²) in [6.45, 7) is 7.92. The maximum atomic E-state index is 11.1. The van der Waals surface area contributed by atoms with Gasteiger partial charge in [-0.1, -0.05) is 31.9 Å². The van der Waals surface area contributed by atoms with Crippen LogP contribution in [-0.4, -0.2) is 37.0 Å². The van der Waals surface area contributed by atoms with Crippen LogP contribution in [0.3, 0.4) is 0 Å². The Morgan fingerprint density at radius 2 is 2.00 bits per heavy atom. The minimum absolute atomic E-state index is 0. The van der Waals surface area contributed by atoms with Crippen molar-refractivity contribution in [3.8, 4) is 5.75 Å². The van der Waals surface area contributed by atoms with Crippen molar-refractivity contribution in [3.05, 3.63) is 29.8 Å². The van der Waals surface area contributed by atoms with Crippen LogP contribution >= 0.6 is 24.8 Å². The van der Waals surface area contributed by atoms with E-state index in [1.54, 1.807) is 0 Å². The van der Waals surface area contributed by atoms with Gasteiger partial charge in [0.2, 0.25) is 0 Å². The summed E-state index contributed by atoms with van der Waals surface area (Å²) in [7, 11) is 0. The molecule has 1 aromatic carbocycles. The lowest BCUT2D eigenvalue weighted by Crippen LogP contribution is -2.45. The fraction of sp³-hybridized carbons (Fsp3) is 0.588. The van der Waals surface area contributed by atoms with Crippen LogP contribution in [-0.2, 0) is 4.79 Å². The molecular weight excluding hydrogens is 335 g/mol. The van der Waals surface area contributed by atoms with E-state index in [0.29, 0.717) is 11.8 Å². The second kappa shape index (κ2) is 11.7. The molecule has 0 unspecified atom stereocenters. The van der Waals surface area contributed by atoms with Gasteiger partial charge in [0.05, 0.1) is 0 Å². The molecule has 4 nitrogen and oxygen atoms in total. The highest BCUT2D eigenvalue weighted by atomic mass is 35.5. The Morgan fingerprint density at radius 3 is 2.61 bits per heavy atom. The second-order valence-corrected chi connectivity index (χ2v) is 5.61. The summed E-state index contributed by atoms with van der Waals surface area (Å²) in [5.74, 6) is 0.385. The average Bonchev–Trinajstić information content (AvgIpc) is 2.48. The van der Waals surface area contributed by atoms with Gasteiger partial charge in [-0.3, -0.25) is 9.69 Å². The summed E-state index contributed by atoms with van der Waals surface area (Å²) in [5, 5.41) is 3.40. The molecule has 0 aromatic heterocycles. The zero-order chi connectivity index (χ0) is 15.1. The van der Waals surface area contributed by atoms with Gasteiger partial charge in [0.1, 0.15) is 5.75 Å². The molecule has 132 valence electrons. The second-order valence-electron chi connectivity index (χ2n) is 5.61. The molecule has 1 fully saturated rings. The summed E-state index contributed by atoms with van der Waals surface area (Å²) in [4.78, 5) is 13.7.